The van der Waals surface area contributed by atoms with Crippen molar-refractivity contribution in [3.63, 3.8) is 0 Å². The quantitative estimate of drug-likeness (QED) is 0.759. The summed E-state index contributed by atoms with van der Waals surface area (Å²) in [5.41, 5.74) is 1.62. The number of hydrogen-bond donors (Lipinski definition) is 1. The van der Waals surface area contributed by atoms with Gasteiger partial charge in [0.1, 0.15) is 17.2 Å². The number of nitrogens with one attached hydrogen (secondary N) is 1. The van der Waals surface area contributed by atoms with Gasteiger partial charge in [0, 0.05) is 16.6 Å². The third-order valence-corrected chi connectivity index (χ3v) is 4.02. The van der Waals surface area contributed by atoms with Crippen molar-refractivity contribution in [2.45, 2.75) is 6.92 Å². The number of carbonyl (C=O) groups excluding carboxylic acids is 1. The van der Waals surface area contributed by atoms with Crippen LogP contribution in [0.15, 0.2) is 47.8 Å². The number of halogens is 2. The van der Waals surface area contributed by atoms with Gasteiger partial charge in [0.05, 0.1) is 10.7 Å². The summed E-state index contributed by atoms with van der Waals surface area (Å²) < 4.78 is 27.2. The summed E-state index contributed by atoms with van der Waals surface area (Å²) in [7, 11) is 0. The molecule has 0 aliphatic heterocycles. The Morgan fingerprint density at radius 3 is 2.30 bits per heavy atom. The van der Waals surface area contributed by atoms with Crippen LogP contribution in [0.2, 0.25) is 0 Å². The maximum Gasteiger partial charge on any atom is 0.261 e. The van der Waals surface area contributed by atoms with E-state index in [1.54, 1.807) is 35.6 Å². The van der Waals surface area contributed by atoms with Gasteiger partial charge in [-0.05, 0) is 31.2 Å². The molecule has 2 aromatic carbocycles. The number of rotatable bonds is 3. The van der Waals surface area contributed by atoms with Gasteiger partial charge in [-0.15, -0.1) is 11.3 Å². The van der Waals surface area contributed by atoms with Gasteiger partial charge in [-0.2, -0.15) is 0 Å². The fourth-order valence-corrected chi connectivity index (χ4v) is 2.75. The van der Waals surface area contributed by atoms with Gasteiger partial charge in [0.15, 0.2) is 0 Å². The van der Waals surface area contributed by atoms with Crippen molar-refractivity contribution in [3.05, 3.63) is 70.1 Å². The number of carbonyl (C=O) groups is 1. The molecular weight excluding hydrogens is 318 g/mol. The van der Waals surface area contributed by atoms with Gasteiger partial charge in [-0.1, -0.05) is 18.2 Å². The second-order valence-corrected chi connectivity index (χ2v) is 5.94. The summed E-state index contributed by atoms with van der Waals surface area (Å²) in [6.07, 6.45) is 0. The zero-order valence-electron chi connectivity index (χ0n) is 12.1. The van der Waals surface area contributed by atoms with E-state index in [2.05, 4.69) is 10.3 Å². The molecule has 0 unspecified atom stereocenters. The van der Waals surface area contributed by atoms with Crippen molar-refractivity contribution in [1.29, 1.82) is 0 Å². The van der Waals surface area contributed by atoms with E-state index in [0.717, 1.165) is 28.4 Å². The van der Waals surface area contributed by atoms with E-state index < -0.39 is 23.1 Å². The second kappa shape index (κ2) is 6.26. The van der Waals surface area contributed by atoms with Crippen molar-refractivity contribution in [2.75, 3.05) is 5.32 Å². The van der Waals surface area contributed by atoms with Gasteiger partial charge in [0.25, 0.3) is 5.91 Å². The molecule has 0 saturated carbocycles. The van der Waals surface area contributed by atoms with E-state index >= 15 is 0 Å². The topological polar surface area (TPSA) is 42.0 Å². The number of thiazole rings is 1. The molecule has 1 N–H and O–H groups in total. The summed E-state index contributed by atoms with van der Waals surface area (Å²) in [6, 6.07) is 10.2. The van der Waals surface area contributed by atoms with Crippen molar-refractivity contribution < 1.29 is 13.6 Å². The van der Waals surface area contributed by atoms with Crippen LogP contribution in [-0.2, 0) is 0 Å². The Balaban J connectivity index is 1.79. The van der Waals surface area contributed by atoms with Crippen molar-refractivity contribution in [3.8, 4) is 11.3 Å². The van der Waals surface area contributed by atoms with E-state index in [4.69, 9.17) is 0 Å². The SMILES string of the molecule is Cc1nc(-c2ccc(NC(=O)c3c(F)cccc3F)cc2)cs1. The lowest BCUT2D eigenvalue weighted by molar-refractivity contribution is 0.101. The van der Waals surface area contributed by atoms with Crippen LogP contribution in [-0.4, -0.2) is 10.9 Å². The fraction of sp³-hybridized carbons (Fsp3) is 0.0588. The summed E-state index contributed by atoms with van der Waals surface area (Å²) in [6.45, 7) is 1.92. The van der Waals surface area contributed by atoms with Crippen LogP contribution in [0.5, 0.6) is 0 Å². The molecule has 3 aromatic rings. The number of aryl methyl sites for hydroxylation is 1. The number of hydrogen-bond acceptors (Lipinski definition) is 3. The number of amides is 1. The van der Waals surface area contributed by atoms with Crippen LogP contribution in [0.4, 0.5) is 14.5 Å². The van der Waals surface area contributed by atoms with Gasteiger partial charge >= 0.3 is 0 Å². The number of anilines is 1. The molecule has 1 amide bonds. The molecule has 0 aliphatic rings. The minimum absolute atomic E-state index is 0.452. The Bertz CT molecular complexity index is 839. The predicted octanol–water partition coefficient (Wildman–Crippen LogP) is 4.65. The highest BCUT2D eigenvalue weighted by atomic mass is 32.1. The molecule has 23 heavy (non-hydrogen) atoms. The monoisotopic (exact) mass is 330 g/mol. The van der Waals surface area contributed by atoms with Crippen molar-refractivity contribution in [1.82, 2.24) is 4.98 Å². The summed E-state index contributed by atoms with van der Waals surface area (Å²) in [5.74, 6) is -2.60. The molecule has 3 rings (SSSR count). The zero-order valence-corrected chi connectivity index (χ0v) is 13.0. The Morgan fingerprint density at radius 2 is 1.74 bits per heavy atom. The fourth-order valence-electron chi connectivity index (χ4n) is 2.13. The molecule has 116 valence electrons. The molecule has 1 heterocycles. The van der Waals surface area contributed by atoms with E-state index in [9.17, 15) is 13.6 Å². The van der Waals surface area contributed by atoms with Crippen LogP contribution in [0, 0.1) is 18.6 Å². The zero-order chi connectivity index (χ0) is 16.4. The van der Waals surface area contributed by atoms with Gasteiger partial charge in [0.2, 0.25) is 0 Å². The summed E-state index contributed by atoms with van der Waals surface area (Å²) in [5, 5.41) is 5.39. The maximum atomic E-state index is 13.6. The molecule has 0 spiro atoms. The minimum atomic E-state index is -0.892. The first-order chi connectivity index (χ1) is 11.0. The first-order valence-electron chi connectivity index (χ1n) is 6.82. The highest BCUT2D eigenvalue weighted by Crippen LogP contribution is 2.23. The third kappa shape index (κ3) is 3.27. The Kier molecular flexibility index (Phi) is 4.16. The number of benzene rings is 2. The van der Waals surface area contributed by atoms with Gasteiger partial charge in [-0.25, -0.2) is 13.8 Å². The number of nitrogens with zero attached hydrogens (tertiary/aromatic N) is 1. The molecule has 0 aliphatic carbocycles. The first-order valence-corrected chi connectivity index (χ1v) is 7.70. The van der Waals surface area contributed by atoms with Crippen LogP contribution in [0.1, 0.15) is 15.4 Å². The lowest BCUT2D eigenvalue weighted by atomic mass is 10.1. The summed E-state index contributed by atoms with van der Waals surface area (Å²) in [4.78, 5) is 16.4. The Hall–Kier alpha value is -2.60. The van der Waals surface area contributed by atoms with Gasteiger partial charge in [-0.3, -0.25) is 4.79 Å². The predicted molar refractivity (Wildman–Crippen MR) is 86.6 cm³/mol. The van der Waals surface area contributed by atoms with E-state index in [1.165, 1.54) is 6.07 Å². The van der Waals surface area contributed by atoms with Crippen LogP contribution >= 0.6 is 11.3 Å². The average molecular weight is 330 g/mol. The standard InChI is InChI=1S/C17H12F2N2OS/c1-10-20-15(9-23-10)11-5-7-12(8-6-11)21-17(22)16-13(18)3-2-4-14(16)19/h2-9H,1H3,(H,21,22). The molecule has 1 aromatic heterocycles. The van der Waals surface area contributed by atoms with Gasteiger partial charge < -0.3 is 5.32 Å². The van der Waals surface area contributed by atoms with E-state index in [1.807, 2.05) is 12.3 Å². The van der Waals surface area contributed by atoms with Crippen molar-refractivity contribution >= 4 is 22.9 Å². The third-order valence-electron chi connectivity index (χ3n) is 3.25. The molecule has 0 atom stereocenters. The summed E-state index contributed by atoms with van der Waals surface area (Å²) >= 11 is 1.55. The van der Waals surface area contributed by atoms with E-state index in [0.29, 0.717) is 5.69 Å². The van der Waals surface area contributed by atoms with Crippen LogP contribution in [0.3, 0.4) is 0 Å². The molecule has 0 bridgehead atoms. The number of aromatic nitrogens is 1. The smallest absolute Gasteiger partial charge is 0.261 e. The Labute approximate surface area is 135 Å². The molecular formula is C17H12F2N2OS. The molecule has 0 radical (unpaired) electrons. The normalized spacial score (nSPS) is 10.6. The lowest BCUT2D eigenvalue weighted by Crippen LogP contribution is -2.15. The highest BCUT2D eigenvalue weighted by molar-refractivity contribution is 7.09. The lowest BCUT2D eigenvalue weighted by Gasteiger charge is -2.07. The highest BCUT2D eigenvalue weighted by Gasteiger charge is 2.17. The maximum absolute atomic E-state index is 13.6. The first kappa shape index (κ1) is 15.3. The average Bonchev–Trinajstić information content (AvgIpc) is 2.94. The van der Waals surface area contributed by atoms with Crippen LogP contribution in [0.25, 0.3) is 11.3 Å². The molecule has 3 nitrogen and oxygen atoms in total. The molecule has 0 fully saturated rings. The van der Waals surface area contributed by atoms with Crippen molar-refractivity contribution in [2.24, 2.45) is 0 Å². The molecule has 6 heteroatoms. The Morgan fingerprint density at radius 1 is 1.09 bits per heavy atom. The molecule has 0 saturated heterocycles. The van der Waals surface area contributed by atoms with Crippen LogP contribution < -0.4 is 5.32 Å². The second-order valence-electron chi connectivity index (χ2n) is 4.88. The van der Waals surface area contributed by atoms with E-state index in [-0.39, 0.29) is 0 Å². The minimum Gasteiger partial charge on any atom is -0.322 e. The largest absolute Gasteiger partial charge is 0.322 e.